The Morgan fingerprint density at radius 1 is 1.48 bits per heavy atom. The first-order valence-corrected chi connectivity index (χ1v) is 9.44. The van der Waals surface area contributed by atoms with Crippen molar-refractivity contribution in [1.82, 2.24) is 5.32 Å². The smallest absolute Gasteiger partial charge is 0.319 e. The Kier molecular flexibility index (Phi) is 6.11. The van der Waals surface area contributed by atoms with Gasteiger partial charge in [-0.25, -0.2) is 0 Å². The number of ether oxygens (including phenoxy) is 1. The van der Waals surface area contributed by atoms with Crippen LogP contribution < -0.4 is 16.4 Å². The van der Waals surface area contributed by atoms with E-state index in [1.54, 1.807) is 12.1 Å². The van der Waals surface area contributed by atoms with E-state index in [1.165, 1.54) is 12.3 Å². The lowest BCUT2D eigenvalue weighted by Crippen LogP contribution is -2.34. The third-order valence-corrected chi connectivity index (χ3v) is 4.72. The number of morpholine rings is 1. The van der Waals surface area contributed by atoms with Crippen LogP contribution in [0.5, 0.6) is 0 Å². The Hall–Kier alpha value is -2.40. The molecule has 1 aromatic heterocycles. The summed E-state index contributed by atoms with van der Waals surface area (Å²) in [6.45, 7) is 1.82. The molecule has 3 rings (SSSR count). The Bertz CT molecular complexity index is 961. The van der Waals surface area contributed by atoms with Crippen molar-refractivity contribution < 1.29 is 22.4 Å². The highest BCUT2D eigenvalue weighted by atomic mass is 35.5. The van der Waals surface area contributed by atoms with Gasteiger partial charge in [0.15, 0.2) is 0 Å². The quantitative estimate of drug-likeness (QED) is 0.634. The van der Waals surface area contributed by atoms with Crippen molar-refractivity contribution in [3.05, 3.63) is 46.4 Å². The van der Waals surface area contributed by atoms with E-state index in [0.29, 0.717) is 36.7 Å². The minimum absolute atomic E-state index is 0.0168. The molecule has 9 nitrogen and oxygen atoms in total. The van der Waals surface area contributed by atoms with E-state index in [2.05, 4.69) is 15.0 Å². The molecule has 4 N–H and O–H groups in total. The number of anilines is 2. The second kappa shape index (κ2) is 8.53. The second-order valence-corrected chi connectivity index (χ2v) is 6.72. The van der Waals surface area contributed by atoms with Crippen LogP contribution in [0.4, 0.5) is 11.4 Å². The lowest BCUT2D eigenvalue weighted by molar-refractivity contribution is 0.0282. The summed E-state index contributed by atoms with van der Waals surface area (Å²) in [6, 6.07) is 4.78. The van der Waals surface area contributed by atoms with Crippen molar-refractivity contribution in [2.75, 3.05) is 30.7 Å². The van der Waals surface area contributed by atoms with Gasteiger partial charge in [-0.3, -0.25) is 4.79 Å². The minimum atomic E-state index is -2.90. The molecule has 0 saturated carbocycles. The third-order valence-electron chi connectivity index (χ3n) is 3.99. The topological polar surface area (TPSA) is 136 Å². The van der Waals surface area contributed by atoms with E-state index >= 15 is 0 Å². The summed E-state index contributed by atoms with van der Waals surface area (Å²) in [5, 5.41) is 6.49. The van der Waals surface area contributed by atoms with E-state index in [0.717, 1.165) is 0 Å². The molecule has 1 atom stereocenters. The Balaban J connectivity index is 2.11. The van der Waals surface area contributed by atoms with Crippen molar-refractivity contribution >= 4 is 39.4 Å². The monoisotopic (exact) mass is 412 g/mol. The van der Waals surface area contributed by atoms with Crippen LogP contribution in [0.3, 0.4) is 0 Å². The summed E-state index contributed by atoms with van der Waals surface area (Å²) >= 11 is 6.41. The standard InChI is InChI=1S/C16H17ClN4O5S/c17-14-11(18)6-10(16(22)21-27(23)24)15(20-7-9-2-1-4-25-9)13(14)12-8-19-3-5-26-12/h1-2,4,6,12,19-20H,3,5,7-8,18H2. The molecule has 2 heterocycles. The highest BCUT2D eigenvalue weighted by molar-refractivity contribution is 7.62. The number of hydrogen-bond acceptors (Lipinski definition) is 8. The third kappa shape index (κ3) is 4.48. The number of hydrogen-bond donors (Lipinski definition) is 3. The fraction of sp³-hybridized carbons (Fsp3) is 0.312. The van der Waals surface area contributed by atoms with Crippen molar-refractivity contribution in [1.29, 1.82) is 0 Å². The fourth-order valence-corrected chi connectivity index (χ4v) is 3.32. The summed E-state index contributed by atoms with van der Waals surface area (Å²) in [5.41, 5.74) is 6.83. The maximum atomic E-state index is 12.4. The molecule has 0 spiro atoms. The molecule has 1 saturated heterocycles. The number of carbonyl (C=O) groups is 1. The van der Waals surface area contributed by atoms with Crippen LogP contribution in [0.25, 0.3) is 0 Å². The molecule has 2 aromatic rings. The predicted molar refractivity (Wildman–Crippen MR) is 99.1 cm³/mol. The minimum Gasteiger partial charge on any atom is -0.467 e. The Morgan fingerprint density at radius 3 is 2.93 bits per heavy atom. The molecule has 1 aromatic carbocycles. The van der Waals surface area contributed by atoms with Gasteiger partial charge in [0.05, 0.1) is 47.5 Å². The molecular weight excluding hydrogens is 396 g/mol. The first-order chi connectivity index (χ1) is 13.0. The molecule has 1 unspecified atom stereocenters. The average Bonchev–Trinajstić information content (AvgIpc) is 3.16. The molecular formula is C16H17ClN4O5S. The second-order valence-electron chi connectivity index (χ2n) is 5.73. The van der Waals surface area contributed by atoms with Crippen LogP contribution in [0.2, 0.25) is 5.02 Å². The van der Waals surface area contributed by atoms with Crippen LogP contribution in [-0.2, 0) is 21.8 Å². The van der Waals surface area contributed by atoms with Crippen molar-refractivity contribution in [3.8, 4) is 0 Å². The molecule has 1 aliphatic rings. The summed E-state index contributed by atoms with van der Waals surface area (Å²) in [7, 11) is -2.90. The molecule has 144 valence electrons. The number of halogens is 1. The van der Waals surface area contributed by atoms with Crippen LogP contribution >= 0.6 is 11.6 Å². The van der Waals surface area contributed by atoms with Gasteiger partial charge >= 0.3 is 10.5 Å². The number of rotatable bonds is 5. The normalized spacial score (nSPS) is 16.7. The first kappa shape index (κ1) is 19.4. The highest BCUT2D eigenvalue weighted by Gasteiger charge is 2.28. The number of carbonyl (C=O) groups excluding carboxylic acids is 1. The Morgan fingerprint density at radius 2 is 2.30 bits per heavy atom. The van der Waals surface area contributed by atoms with Gasteiger partial charge in [0.1, 0.15) is 5.76 Å². The number of furan rings is 1. The van der Waals surface area contributed by atoms with Crippen LogP contribution in [0, 0.1) is 0 Å². The SMILES string of the molecule is Nc1cc(C(=O)N=S(=O)=O)c(NCc2ccco2)c(C2CNCCO2)c1Cl. The molecule has 0 radical (unpaired) electrons. The van der Waals surface area contributed by atoms with Gasteiger partial charge in [-0.1, -0.05) is 16.0 Å². The summed E-state index contributed by atoms with van der Waals surface area (Å²) in [4.78, 5) is 12.4. The highest BCUT2D eigenvalue weighted by Crippen LogP contribution is 2.40. The summed E-state index contributed by atoms with van der Waals surface area (Å²) < 4.78 is 35.8. The maximum absolute atomic E-state index is 12.4. The zero-order valence-corrected chi connectivity index (χ0v) is 15.6. The van der Waals surface area contributed by atoms with Crippen molar-refractivity contribution in [2.24, 2.45) is 4.36 Å². The lowest BCUT2D eigenvalue weighted by Gasteiger charge is -2.28. The molecule has 0 bridgehead atoms. The van der Waals surface area contributed by atoms with E-state index < -0.39 is 22.5 Å². The van der Waals surface area contributed by atoms with Crippen LogP contribution in [0.15, 0.2) is 33.2 Å². The molecule has 27 heavy (non-hydrogen) atoms. The van der Waals surface area contributed by atoms with Crippen LogP contribution in [-0.4, -0.2) is 34.0 Å². The molecule has 1 amide bonds. The van der Waals surface area contributed by atoms with Gasteiger partial charge < -0.3 is 25.5 Å². The Labute approximate surface area is 161 Å². The molecule has 11 heteroatoms. The average molecular weight is 413 g/mol. The van der Waals surface area contributed by atoms with Crippen molar-refractivity contribution in [3.63, 3.8) is 0 Å². The largest absolute Gasteiger partial charge is 0.467 e. The number of nitrogen functional groups attached to an aromatic ring is 1. The number of nitrogens with one attached hydrogen (secondary N) is 2. The number of amides is 1. The number of nitrogens with two attached hydrogens (primary N) is 1. The van der Waals surface area contributed by atoms with E-state index in [1.807, 2.05) is 0 Å². The maximum Gasteiger partial charge on any atom is 0.319 e. The first-order valence-electron chi connectivity index (χ1n) is 8.03. The summed E-state index contributed by atoms with van der Waals surface area (Å²) in [6.07, 6.45) is 1.04. The van der Waals surface area contributed by atoms with Gasteiger partial charge in [0, 0.05) is 18.7 Å². The fourth-order valence-electron chi connectivity index (χ4n) is 2.82. The molecule has 1 fully saturated rings. The number of nitrogens with zero attached hydrogens (tertiary/aromatic N) is 1. The lowest BCUT2D eigenvalue weighted by atomic mass is 9.99. The zero-order chi connectivity index (χ0) is 19.4. The van der Waals surface area contributed by atoms with Crippen molar-refractivity contribution in [2.45, 2.75) is 12.6 Å². The van der Waals surface area contributed by atoms with E-state index in [4.69, 9.17) is 26.5 Å². The predicted octanol–water partition coefficient (Wildman–Crippen LogP) is 1.99. The van der Waals surface area contributed by atoms with Crippen LogP contribution in [0.1, 0.15) is 27.8 Å². The summed E-state index contributed by atoms with van der Waals surface area (Å²) in [5.74, 6) is -0.349. The van der Waals surface area contributed by atoms with Gasteiger partial charge in [-0.2, -0.15) is 8.42 Å². The van der Waals surface area contributed by atoms with Gasteiger partial charge in [0.25, 0.3) is 5.91 Å². The van der Waals surface area contributed by atoms with Gasteiger partial charge in [0.2, 0.25) is 0 Å². The van der Waals surface area contributed by atoms with Gasteiger partial charge in [-0.05, 0) is 18.2 Å². The zero-order valence-electron chi connectivity index (χ0n) is 14.1. The van der Waals surface area contributed by atoms with Gasteiger partial charge in [-0.15, -0.1) is 0 Å². The molecule has 0 aliphatic carbocycles. The number of benzene rings is 1. The van der Waals surface area contributed by atoms with E-state index in [-0.39, 0.29) is 22.8 Å². The molecule has 1 aliphatic heterocycles. The van der Waals surface area contributed by atoms with E-state index in [9.17, 15) is 13.2 Å².